The maximum Gasteiger partial charge on any atom is 0.409 e. The van der Waals surface area contributed by atoms with E-state index in [-0.39, 0.29) is 30.1 Å². The lowest BCUT2D eigenvalue weighted by Gasteiger charge is -2.27. The number of carbonyl (C=O) groups excluding carboxylic acids is 1. The van der Waals surface area contributed by atoms with E-state index < -0.39 is 5.97 Å². The zero-order chi connectivity index (χ0) is 24.5. The molecule has 2 saturated carbocycles. The van der Waals surface area contributed by atoms with Crippen LogP contribution in [0.2, 0.25) is 0 Å². The summed E-state index contributed by atoms with van der Waals surface area (Å²) in [7, 11) is 3.50. The van der Waals surface area contributed by atoms with Crippen molar-refractivity contribution in [1.29, 1.82) is 0 Å². The van der Waals surface area contributed by atoms with Gasteiger partial charge in [-0.1, -0.05) is 12.1 Å². The summed E-state index contributed by atoms with van der Waals surface area (Å²) >= 11 is 0. The fourth-order valence-electron chi connectivity index (χ4n) is 4.45. The number of amides is 1. The van der Waals surface area contributed by atoms with E-state index in [2.05, 4.69) is 22.2 Å². The number of ether oxygens (including phenoxy) is 2. The van der Waals surface area contributed by atoms with Crippen LogP contribution in [0.5, 0.6) is 5.75 Å². The van der Waals surface area contributed by atoms with Crippen LogP contribution in [0.3, 0.4) is 0 Å². The highest BCUT2D eigenvalue weighted by Crippen LogP contribution is 2.45. The van der Waals surface area contributed by atoms with Crippen LogP contribution >= 0.6 is 0 Å². The van der Waals surface area contributed by atoms with Gasteiger partial charge in [0.25, 0.3) is 0 Å². The van der Waals surface area contributed by atoms with E-state index in [0.717, 1.165) is 25.7 Å². The van der Waals surface area contributed by atoms with Gasteiger partial charge < -0.3 is 19.5 Å². The van der Waals surface area contributed by atoms with Gasteiger partial charge in [-0.15, -0.1) is 5.10 Å². The molecule has 0 spiro atoms. The van der Waals surface area contributed by atoms with Crippen LogP contribution in [0.4, 0.5) is 4.79 Å². The van der Waals surface area contributed by atoms with E-state index in [4.69, 9.17) is 9.47 Å². The molecule has 1 N–H and O–H groups in total. The molecule has 0 bridgehead atoms. The second-order valence-electron chi connectivity index (χ2n) is 9.95. The van der Waals surface area contributed by atoms with Crippen LogP contribution in [-0.4, -0.2) is 61.7 Å². The molecular formula is C24H33N5O5. The number of aliphatic carboxylic acids is 1. The van der Waals surface area contributed by atoms with Gasteiger partial charge in [0.2, 0.25) is 0 Å². The van der Waals surface area contributed by atoms with Crippen LogP contribution in [0, 0.1) is 18.3 Å². The highest BCUT2D eigenvalue weighted by molar-refractivity contribution is 5.70. The van der Waals surface area contributed by atoms with Crippen molar-refractivity contribution < 1.29 is 24.2 Å². The van der Waals surface area contributed by atoms with E-state index in [1.54, 1.807) is 29.7 Å². The minimum atomic E-state index is -0.762. The fourth-order valence-corrected chi connectivity index (χ4v) is 4.45. The van der Waals surface area contributed by atoms with Crippen molar-refractivity contribution in [3.8, 4) is 17.1 Å². The summed E-state index contributed by atoms with van der Waals surface area (Å²) in [4.78, 5) is 30.0. The quantitative estimate of drug-likeness (QED) is 0.620. The predicted octanol–water partition coefficient (Wildman–Crippen LogP) is 3.58. The summed E-state index contributed by atoms with van der Waals surface area (Å²) in [6.45, 7) is 4.73. The lowest BCUT2D eigenvalue weighted by atomic mass is 9.87. The highest BCUT2D eigenvalue weighted by atomic mass is 16.6. The van der Waals surface area contributed by atoms with Crippen LogP contribution in [0.15, 0.2) is 12.1 Å². The monoisotopic (exact) mass is 471 g/mol. The molecule has 2 aromatic rings. The van der Waals surface area contributed by atoms with Crippen LogP contribution < -0.4 is 4.74 Å². The normalized spacial score (nSPS) is 21.1. The van der Waals surface area contributed by atoms with Gasteiger partial charge in [0.1, 0.15) is 23.7 Å². The molecule has 10 nitrogen and oxygen atoms in total. The lowest BCUT2D eigenvalue weighted by molar-refractivity contribution is -0.143. The number of carbonyl (C=O) groups is 2. The minimum absolute atomic E-state index is 0.0380. The molecular weight excluding hydrogens is 438 g/mol. The average Bonchev–Trinajstić information content (AvgIpc) is 3.41. The summed E-state index contributed by atoms with van der Waals surface area (Å²) < 4.78 is 13.2. The Hall–Kier alpha value is -3.17. The third kappa shape index (κ3) is 5.48. The Morgan fingerprint density at radius 1 is 1.29 bits per heavy atom. The van der Waals surface area contributed by atoms with Crippen LogP contribution in [-0.2, 0) is 23.2 Å². The van der Waals surface area contributed by atoms with E-state index in [1.165, 1.54) is 0 Å². The molecule has 2 fully saturated rings. The Balaban J connectivity index is 1.42. The SMILES string of the molecule is Cc1nc(-c2nnn(C)c2COC(=O)N(C)CC2(C)CC2)ccc1O[C@H]1CCC[C@H](C(=O)O)C1. The van der Waals surface area contributed by atoms with Crippen molar-refractivity contribution in [3.63, 3.8) is 0 Å². The maximum absolute atomic E-state index is 12.4. The number of carboxylic acid groups (broad SMARTS) is 1. The summed E-state index contributed by atoms with van der Waals surface area (Å²) in [5.74, 6) is -0.489. The van der Waals surface area contributed by atoms with Crippen LogP contribution in [0.25, 0.3) is 11.4 Å². The first kappa shape index (κ1) is 24.0. The Bertz CT molecular complexity index is 1060. The Morgan fingerprint density at radius 3 is 2.74 bits per heavy atom. The van der Waals surface area contributed by atoms with Gasteiger partial charge in [-0.05, 0) is 63.0 Å². The second kappa shape index (κ2) is 9.60. The van der Waals surface area contributed by atoms with Crippen molar-refractivity contribution in [1.82, 2.24) is 24.9 Å². The number of rotatable bonds is 8. The molecule has 0 aromatic carbocycles. The van der Waals surface area contributed by atoms with Crippen molar-refractivity contribution in [2.75, 3.05) is 13.6 Å². The third-order valence-corrected chi connectivity index (χ3v) is 6.86. The van der Waals surface area contributed by atoms with Gasteiger partial charge in [0.05, 0.1) is 23.4 Å². The highest BCUT2D eigenvalue weighted by Gasteiger charge is 2.39. The van der Waals surface area contributed by atoms with Crippen molar-refractivity contribution >= 4 is 12.1 Å². The molecule has 2 heterocycles. The average molecular weight is 472 g/mol. The Morgan fingerprint density at radius 2 is 2.06 bits per heavy atom. The fraction of sp³-hybridized carbons (Fsp3) is 0.625. The van der Waals surface area contributed by atoms with Gasteiger partial charge in [0, 0.05) is 20.6 Å². The molecule has 34 heavy (non-hydrogen) atoms. The van der Waals surface area contributed by atoms with Gasteiger partial charge in [-0.3, -0.25) is 4.79 Å². The van der Waals surface area contributed by atoms with Gasteiger partial charge >= 0.3 is 12.1 Å². The minimum Gasteiger partial charge on any atom is -0.489 e. The molecule has 0 radical (unpaired) electrons. The summed E-state index contributed by atoms with van der Waals surface area (Å²) in [6, 6.07) is 3.63. The van der Waals surface area contributed by atoms with Crippen LogP contribution in [0.1, 0.15) is 56.8 Å². The summed E-state index contributed by atoms with van der Waals surface area (Å²) in [6.07, 6.45) is 4.62. The first-order valence-corrected chi connectivity index (χ1v) is 11.8. The standard InChI is InChI=1S/C24H33N5O5/c1-15-20(34-17-7-5-6-16(12-17)22(30)31)9-8-18(25-15)21-19(29(4)27-26-21)13-33-23(32)28(3)14-24(2)10-11-24/h8-9,16-17H,5-7,10-14H2,1-4H3,(H,30,31)/t16-,17-/m0/s1. The number of hydrogen-bond acceptors (Lipinski definition) is 7. The largest absolute Gasteiger partial charge is 0.489 e. The molecule has 2 aliphatic rings. The number of nitrogens with zero attached hydrogens (tertiary/aromatic N) is 5. The molecule has 4 rings (SSSR count). The van der Waals surface area contributed by atoms with E-state index >= 15 is 0 Å². The molecule has 2 aliphatic carbocycles. The van der Waals surface area contributed by atoms with Crippen molar-refractivity contribution in [2.24, 2.45) is 18.4 Å². The number of hydrogen-bond donors (Lipinski definition) is 1. The maximum atomic E-state index is 12.4. The van der Waals surface area contributed by atoms with Crippen molar-refractivity contribution in [3.05, 3.63) is 23.5 Å². The number of pyridine rings is 1. The first-order chi connectivity index (χ1) is 16.1. The molecule has 10 heteroatoms. The molecule has 0 saturated heterocycles. The molecule has 1 amide bonds. The molecule has 2 atom stereocenters. The van der Waals surface area contributed by atoms with E-state index in [1.807, 2.05) is 13.0 Å². The zero-order valence-corrected chi connectivity index (χ0v) is 20.3. The molecule has 0 aliphatic heterocycles. The smallest absolute Gasteiger partial charge is 0.409 e. The van der Waals surface area contributed by atoms with Gasteiger partial charge in [-0.25, -0.2) is 14.5 Å². The molecule has 184 valence electrons. The number of aryl methyl sites for hydroxylation is 2. The van der Waals surface area contributed by atoms with E-state index in [9.17, 15) is 14.7 Å². The second-order valence-corrected chi connectivity index (χ2v) is 9.95. The van der Waals surface area contributed by atoms with E-state index in [0.29, 0.717) is 47.9 Å². The number of aromatic nitrogens is 4. The van der Waals surface area contributed by atoms with Gasteiger partial charge in [-0.2, -0.15) is 0 Å². The summed E-state index contributed by atoms with van der Waals surface area (Å²) in [5, 5.41) is 17.6. The number of carboxylic acids is 1. The summed E-state index contributed by atoms with van der Waals surface area (Å²) in [5.41, 5.74) is 2.70. The van der Waals surface area contributed by atoms with Gasteiger partial charge in [0.15, 0.2) is 0 Å². The molecule has 0 unspecified atom stereocenters. The zero-order valence-electron chi connectivity index (χ0n) is 20.3. The third-order valence-electron chi connectivity index (χ3n) is 6.86. The topological polar surface area (TPSA) is 120 Å². The first-order valence-electron chi connectivity index (χ1n) is 11.8. The van der Waals surface area contributed by atoms with Crippen molar-refractivity contribution in [2.45, 2.75) is 65.1 Å². The Kier molecular flexibility index (Phi) is 6.77. The lowest BCUT2D eigenvalue weighted by Crippen LogP contribution is -2.32. The molecule has 2 aromatic heterocycles. The Labute approximate surface area is 199 Å². The predicted molar refractivity (Wildman–Crippen MR) is 123 cm³/mol.